The molecule has 106 valence electrons. The minimum atomic E-state index is -3.14. The van der Waals surface area contributed by atoms with Crippen molar-refractivity contribution in [3.63, 3.8) is 0 Å². The summed E-state index contributed by atoms with van der Waals surface area (Å²) in [4.78, 5) is 22.0. The number of aliphatic carboxylic acids is 1. The minimum Gasteiger partial charge on any atom is -0.481 e. The van der Waals surface area contributed by atoms with Gasteiger partial charge >= 0.3 is 5.97 Å². The molecular formula is C10H20N2O5S. The van der Waals surface area contributed by atoms with E-state index in [-0.39, 0.29) is 18.7 Å². The maximum absolute atomic E-state index is 11.4. The number of nitrogens with two attached hydrogens (primary N) is 1. The van der Waals surface area contributed by atoms with Crippen molar-refractivity contribution in [2.75, 3.05) is 18.6 Å². The van der Waals surface area contributed by atoms with Gasteiger partial charge in [-0.15, -0.1) is 0 Å². The molecule has 0 saturated heterocycles. The number of hydrogen-bond donors (Lipinski definition) is 3. The molecule has 0 spiro atoms. The van der Waals surface area contributed by atoms with E-state index in [1.807, 2.05) is 0 Å². The van der Waals surface area contributed by atoms with Crippen LogP contribution in [0.3, 0.4) is 0 Å². The Bertz CT molecular complexity index is 393. The normalized spacial score (nSPS) is 14.8. The monoisotopic (exact) mass is 280 g/mol. The first-order valence-corrected chi connectivity index (χ1v) is 7.63. The fourth-order valence-corrected chi connectivity index (χ4v) is 1.82. The highest BCUT2D eigenvalue weighted by atomic mass is 32.2. The van der Waals surface area contributed by atoms with Crippen molar-refractivity contribution in [1.82, 2.24) is 5.32 Å². The molecule has 0 aliphatic heterocycles. The number of sulfone groups is 1. The molecule has 2 unspecified atom stereocenters. The van der Waals surface area contributed by atoms with Crippen LogP contribution in [-0.4, -0.2) is 50.0 Å². The molecule has 0 saturated carbocycles. The average molecular weight is 280 g/mol. The maximum Gasteiger partial charge on any atom is 0.306 e. The standard InChI is InChI=1S/C10H20N2O5S/c1-7(10(14)15)3-5-12-9(13)8(11)4-6-18(2,16)17/h7-8H,3-6,11H2,1-2H3,(H,12,13)(H,14,15). The van der Waals surface area contributed by atoms with Crippen molar-refractivity contribution in [1.29, 1.82) is 0 Å². The van der Waals surface area contributed by atoms with E-state index in [2.05, 4.69) is 5.32 Å². The summed E-state index contributed by atoms with van der Waals surface area (Å²) in [5.41, 5.74) is 5.51. The van der Waals surface area contributed by atoms with Gasteiger partial charge in [-0.25, -0.2) is 8.42 Å². The Labute approximate surface area is 107 Å². The summed E-state index contributed by atoms with van der Waals surface area (Å²) in [6.45, 7) is 1.75. The van der Waals surface area contributed by atoms with Gasteiger partial charge in [-0.1, -0.05) is 6.92 Å². The quantitative estimate of drug-likeness (QED) is 0.522. The lowest BCUT2D eigenvalue weighted by atomic mass is 10.1. The molecule has 1 amide bonds. The molecule has 7 nitrogen and oxygen atoms in total. The zero-order valence-corrected chi connectivity index (χ0v) is 11.4. The summed E-state index contributed by atoms with van der Waals surface area (Å²) >= 11 is 0. The summed E-state index contributed by atoms with van der Waals surface area (Å²) in [7, 11) is -3.14. The molecule has 0 aromatic carbocycles. The Kier molecular flexibility index (Phi) is 6.85. The van der Waals surface area contributed by atoms with Crippen molar-refractivity contribution in [2.24, 2.45) is 11.7 Å². The van der Waals surface area contributed by atoms with Gasteiger partial charge in [0.2, 0.25) is 5.91 Å². The van der Waals surface area contributed by atoms with Gasteiger partial charge in [0.15, 0.2) is 0 Å². The third-order valence-electron chi connectivity index (χ3n) is 2.43. The molecule has 0 aromatic rings. The van der Waals surface area contributed by atoms with Gasteiger partial charge in [0.1, 0.15) is 9.84 Å². The molecule has 0 aromatic heterocycles. The Morgan fingerprint density at radius 1 is 1.33 bits per heavy atom. The van der Waals surface area contributed by atoms with Crippen LogP contribution >= 0.6 is 0 Å². The van der Waals surface area contributed by atoms with E-state index in [0.29, 0.717) is 6.42 Å². The van der Waals surface area contributed by atoms with Gasteiger partial charge in [-0.2, -0.15) is 0 Å². The first-order chi connectivity index (χ1) is 8.13. The SMILES string of the molecule is CC(CCNC(=O)C(N)CCS(C)(=O)=O)C(=O)O. The van der Waals surface area contributed by atoms with E-state index < -0.39 is 33.7 Å². The number of rotatable bonds is 8. The van der Waals surface area contributed by atoms with Crippen LogP contribution in [0.25, 0.3) is 0 Å². The molecule has 18 heavy (non-hydrogen) atoms. The lowest BCUT2D eigenvalue weighted by Gasteiger charge is -2.12. The van der Waals surface area contributed by atoms with Crippen LogP contribution in [-0.2, 0) is 19.4 Å². The molecule has 0 aliphatic rings. The second-order valence-electron chi connectivity index (χ2n) is 4.34. The summed E-state index contributed by atoms with van der Waals surface area (Å²) in [6.07, 6.45) is 1.44. The number of nitrogens with one attached hydrogen (secondary N) is 1. The predicted molar refractivity (Wildman–Crippen MR) is 66.7 cm³/mol. The van der Waals surface area contributed by atoms with Crippen molar-refractivity contribution in [2.45, 2.75) is 25.8 Å². The number of carboxylic acids is 1. The van der Waals surface area contributed by atoms with Crippen LogP contribution in [0.5, 0.6) is 0 Å². The highest BCUT2D eigenvalue weighted by Crippen LogP contribution is 2.00. The van der Waals surface area contributed by atoms with Crippen molar-refractivity contribution >= 4 is 21.7 Å². The molecular weight excluding hydrogens is 260 g/mol. The molecule has 0 rings (SSSR count). The van der Waals surface area contributed by atoms with Crippen LogP contribution in [0, 0.1) is 5.92 Å². The van der Waals surface area contributed by atoms with Crippen molar-refractivity contribution in [3.8, 4) is 0 Å². The average Bonchev–Trinajstić information content (AvgIpc) is 2.24. The Morgan fingerprint density at radius 3 is 2.33 bits per heavy atom. The smallest absolute Gasteiger partial charge is 0.306 e. The van der Waals surface area contributed by atoms with Gasteiger partial charge in [0.25, 0.3) is 0 Å². The molecule has 0 bridgehead atoms. The molecule has 0 aliphatic carbocycles. The van der Waals surface area contributed by atoms with E-state index in [9.17, 15) is 18.0 Å². The van der Waals surface area contributed by atoms with Crippen LogP contribution in [0.1, 0.15) is 19.8 Å². The highest BCUT2D eigenvalue weighted by molar-refractivity contribution is 7.90. The molecule has 4 N–H and O–H groups in total. The second kappa shape index (κ2) is 7.32. The maximum atomic E-state index is 11.4. The van der Waals surface area contributed by atoms with Gasteiger partial charge < -0.3 is 16.2 Å². The molecule has 0 radical (unpaired) electrons. The van der Waals surface area contributed by atoms with Gasteiger partial charge in [-0.3, -0.25) is 9.59 Å². The highest BCUT2D eigenvalue weighted by Gasteiger charge is 2.16. The molecule has 8 heteroatoms. The molecule has 0 fully saturated rings. The van der Waals surface area contributed by atoms with Crippen LogP contribution in [0.4, 0.5) is 0 Å². The second-order valence-corrected chi connectivity index (χ2v) is 6.60. The summed E-state index contributed by atoms with van der Waals surface area (Å²) in [5, 5.41) is 11.1. The number of amides is 1. The van der Waals surface area contributed by atoms with Gasteiger partial charge in [0, 0.05) is 12.8 Å². The number of carbonyl (C=O) groups excluding carboxylic acids is 1. The molecule has 2 atom stereocenters. The molecule has 0 heterocycles. The zero-order valence-electron chi connectivity index (χ0n) is 10.5. The third kappa shape index (κ3) is 8.02. The summed E-state index contributed by atoms with van der Waals surface area (Å²) < 4.78 is 21.8. The van der Waals surface area contributed by atoms with E-state index in [0.717, 1.165) is 6.26 Å². The number of carbonyl (C=O) groups is 2. The largest absolute Gasteiger partial charge is 0.481 e. The van der Waals surface area contributed by atoms with Crippen LogP contribution in [0.15, 0.2) is 0 Å². The van der Waals surface area contributed by atoms with E-state index in [4.69, 9.17) is 10.8 Å². The van der Waals surface area contributed by atoms with E-state index >= 15 is 0 Å². The zero-order chi connectivity index (χ0) is 14.3. The number of carboxylic acid groups (broad SMARTS) is 1. The first-order valence-electron chi connectivity index (χ1n) is 5.57. The van der Waals surface area contributed by atoms with Crippen LogP contribution < -0.4 is 11.1 Å². The fourth-order valence-electron chi connectivity index (χ4n) is 1.14. The summed E-state index contributed by atoms with van der Waals surface area (Å²) in [5.74, 6) is -2.08. The Hall–Kier alpha value is -1.15. The topological polar surface area (TPSA) is 127 Å². The predicted octanol–water partition coefficient (Wildman–Crippen LogP) is -1.02. The van der Waals surface area contributed by atoms with Gasteiger partial charge in [-0.05, 0) is 12.8 Å². The lowest BCUT2D eigenvalue weighted by molar-refractivity contribution is -0.141. The van der Waals surface area contributed by atoms with Crippen LogP contribution in [0.2, 0.25) is 0 Å². The van der Waals surface area contributed by atoms with E-state index in [1.54, 1.807) is 0 Å². The summed E-state index contributed by atoms with van der Waals surface area (Å²) in [6, 6.07) is -0.889. The fraction of sp³-hybridized carbons (Fsp3) is 0.800. The Balaban J connectivity index is 3.92. The lowest BCUT2D eigenvalue weighted by Crippen LogP contribution is -2.42. The van der Waals surface area contributed by atoms with Crippen molar-refractivity contribution in [3.05, 3.63) is 0 Å². The first kappa shape index (κ1) is 16.9. The minimum absolute atomic E-state index is 0.0547. The van der Waals surface area contributed by atoms with E-state index in [1.165, 1.54) is 6.92 Å². The third-order valence-corrected chi connectivity index (χ3v) is 3.41. The van der Waals surface area contributed by atoms with Gasteiger partial charge in [0.05, 0.1) is 17.7 Å². The van der Waals surface area contributed by atoms with Crippen molar-refractivity contribution < 1.29 is 23.1 Å². The Morgan fingerprint density at radius 2 is 1.89 bits per heavy atom. The number of hydrogen-bond acceptors (Lipinski definition) is 5.